The monoisotopic (exact) mass is 350 g/mol. The van der Waals surface area contributed by atoms with Crippen LogP contribution in [0.15, 0.2) is 44.3 Å². The summed E-state index contributed by atoms with van der Waals surface area (Å²) >= 11 is 0. The van der Waals surface area contributed by atoms with E-state index in [1.807, 2.05) is 24.3 Å². The van der Waals surface area contributed by atoms with Gasteiger partial charge in [0.05, 0.1) is 12.9 Å². The van der Waals surface area contributed by atoms with E-state index in [-0.39, 0.29) is 17.7 Å². The lowest BCUT2D eigenvalue weighted by molar-refractivity contribution is 0.312. The standard InChI is InChI=1S/C19H18N4O3/c24-19-17-16(13-8-4-5-9-14(13)25-17)20-11-23(19)10-15-21-18(26-22-15)12-6-2-1-3-7-12/h4-5,8-9,11-12H,1-3,6-7,10H2. The van der Waals surface area contributed by atoms with E-state index in [1.165, 1.54) is 30.2 Å². The second-order valence-corrected chi connectivity index (χ2v) is 6.84. The van der Waals surface area contributed by atoms with Gasteiger partial charge in [0.25, 0.3) is 5.56 Å². The van der Waals surface area contributed by atoms with Crippen molar-refractivity contribution in [2.45, 2.75) is 44.6 Å². The molecule has 0 spiro atoms. The van der Waals surface area contributed by atoms with Crippen LogP contribution < -0.4 is 5.56 Å². The number of hydrogen-bond donors (Lipinski definition) is 0. The molecule has 0 saturated heterocycles. The molecule has 7 nitrogen and oxygen atoms in total. The van der Waals surface area contributed by atoms with Gasteiger partial charge in [-0.3, -0.25) is 9.36 Å². The summed E-state index contributed by atoms with van der Waals surface area (Å²) in [6.45, 7) is 0.217. The van der Waals surface area contributed by atoms with Gasteiger partial charge in [-0.2, -0.15) is 4.98 Å². The molecule has 0 aliphatic heterocycles. The molecule has 1 aromatic carbocycles. The van der Waals surface area contributed by atoms with Crippen LogP contribution in [0.4, 0.5) is 0 Å². The van der Waals surface area contributed by atoms with Gasteiger partial charge in [0.1, 0.15) is 11.1 Å². The smallest absolute Gasteiger partial charge is 0.297 e. The van der Waals surface area contributed by atoms with Gasteiger partial charge in [0, 0.05) is 11.3 Å². The summed E-state index contributed by atoms with van der Waals surface area (Å²) in [7, 11) is 0. The number of aromatic nitrogens is 4. The maximum absolute atomic E-state index is 12.8. The molecular weight excluding hydrogens is 332 g/mol. The Balaban J connectivity index is 1.48. The molecule has 0 atom stereocenters. The van der Waals surface area contributed by atoms with Crippen LogP contribution in [0.5, 0.6) is 0 Å². The first-order valence-electron chi connectivity index (χ1n) is 8.99. The van der Waals surface area contributed by atoms with Gasteiger partial charge < -0.3 is 8.94 Å². The highest BCUT2D eigenvalue weighted by atomic mass is 16.5. The fourth-order valence-corrected chi connectivity index (χ4v) is 3.73. The van der Waals surface area contributed by atoms with Gasteiger partial charge in [-0.15, -0.1) is 0 Å². The van der Waals surface area contributed by atoms with Crippen LogP contribution in [0.25, 0.3) is 22.1 Å². The highest BCUT2D eigenvalue weighted by molar-refractivity contribution is 6.01. The summed E-state index contributed by atoms with van der Waals surface area (Å²) in [6, 6.07) is 7.50. The molecule has 0 bridgehead atoms. The summed E-state index contributed by atoms with van der Waals surface area (Å²) in [5, 5.41) is 4.89. The zero-order valence-corrected chi connectivity index (χ0v) is 14.2. The number of furan rings is 1. The molecule has 0 N–H and O–H groups in total. The lowest BCUT2D eigenvalue weighted by atomic mass is 9.89. The molecule has 26 heavy (non-hydrogen) atoms. The SMILES string of the molecule is O=c1c2oc3ccccc3c2ncn1Cc1noc(C2CCCCC2)n1. The van der Waals surface area contributed by atoms with Crippen molar-refractivity contribution in [2.75, 3.05) is 0 Å². The Kier molecular flexibility index (Phi) is 3.58. The van der Waals surface area contributed by atoms with E-state index < -0.39 is 0 Å². The zero-order valence-electron chi connectivity index (χ0n) is 14.2. The average Bonchev–Trinajstić information content (AvgIpc) is 3.30. The molecule has 4 aromatic rings. The van der Waals surface area contributed by atoms with E-state index in [2.05, 4.69) is 15.1 Å². The van der Waals surface area contributed by atoms with Crippen LogP contribution in [-0.2, 0) is 6.54 Å². The number of para-hydroxylation sites is 1. The highest BCUT2D eigenvalue weighted by Gasteiger charge is 2.22. The topological polar surface area (TPSA) is 87.0 Å². The van der Waals surface area contributed by atoms with Gasteiger partial charge in [0.2, 0.25) is 11.5 Å². The molecule has 3 aromatic heterocycles. The molecule has 1 saturated carbocycles. The van der Waals surface area contributed by atoms with Crippen LogP contribution in [-0.4, -0.2) is 19.7 Å². The van der Waals surface area contributed by atoms with Crippen molar-refractivity contribution in [3.8, 4) is 0 Å². The van der Waals surface area contributed by atoms with Crippen molar-refractivity contribution in [1.29, 1.82) is 0 Å². The first-order chi connectivity index (χ1) is 12.8. The minimum Gasteiger partial charge on any atom is -0.448 e. The van der Waals surface area contributed by atoms with E-state index >= 15 is 0 Å². The first-order valence-corrected chi connectivity index (χ1v) is 8.99. The summed E-state index contributed by atoms with van der Waals surface area (Å²) in [4.78, 5) is 21.7. The Hall–Kier alpha value is -2.96. The van der Waals surface area contributed by atoms with Crippen molar-refractivity contribution in [1.82, 2.24) is 19.7 Å². The van der Waals surface area contributed by atoms with Crippen molar-refractivity contribution in [3.63, 3.8) is 0 Å². The fourth-order valence-electron chi connectivity index (χ4n) is 3.73. The third-order valence-corrected chi connectivity index (χ3v) is 5.10. The number of hydrogen-bond acceptors (Lipinski definition) is 6. The molecule has 132 valence electrons. The summed E-state index contributed by atoms with van der Waals surface area (Å²) in [5.41, 5.74) is 1.25. The van der Waals surface area contributed by atoms with Gasteiger partial charge in [-0.25, -0.2) is 4.98 Å². The minimum atomic E-state index is -0.241. The minimum absolute atomic E-state index is 0.217. The second-order valence-electron chi connectivity index (χ2n) is 6.84. The fraction of sp³-hybridized carbons (Fsp3) is 0.368. The molecule has 1 aliphatic rings. The van der Waals surface area contributed by atoms with Crippen molar-refractivity contribution in [3.05, 3.63) is 52.7 Å². The van der Waals surface area contributed by atoms with E-state index in [0.717, 1.165) is 18.2 Å². The molecular formula is C19H18N4O3. The molecule has 0 radical (unpaired) electrons. The Labute approximate surface area is 148 Å². The average molecular weight is 350 g/mol. The van der Waals surface area contributed by atoms with Crippen molar-refractivity contribution in [2.24, 2.45) is 0 Å². The van der Waals surface area contributed by atoms with Gasteiger partial charge in [0.15, 0.2) is 5.82 Å². The van der Waals surface area contributed by atoms with Gasteiger partial charge in [-0.1, -0.05) is 36.6 Å². The molecule has 1 fully saturated rings. The Morgan fingerprint density at radius 1 is 1.15 bits per heavy atom. The Morgan fingerprint density at radius 2 is 2.00 bits per heavy atom. The van der Waals surface area contributed by atoms with Crippen LogP contribution in [0.3, 0.4) is 0 Å². The van der Waals surface area contributed by atoms with Gasteiger partial charge in [-0.05, 0) is 25.0 Å². The summed E-state index contributed by atoms with van der Waals surface area (Å²) < 4.78 is 12.6. The molecule has 0 amide bonds. The summed E-state index contributed by atoms with van der Waals surface area (Å²) in [5.74, 6) is 1.52. The molecule has 5 rings (SSSR count). The number of benzene rings is 1. The Morgan fingerprint density at radius 3 is 2.88 bits per heavy atom. The highest BCUT2D eigenvalue weighted by Crippen LogP contribution is 2.31. The molecule has 0 unspecified atom stereocenters. The first kappa shape index (κ1) is 15.3. The summed E-state index contributed by atoms with van der Waals surface area (Å²) in [6.07, 6.45) is 7.38. The maximum Gasteiger partial charge on any atom is 0.297 e. The third-order valence-electron chi connectivity index (χ3n) is 5.10. The van der Waals surface area contributed by atoms with E-state index in [0.29, 0.717) is 28.7 Å². The third kappa shape index (κ3) is 2.51. The van der Waals surface area contributed by atoms with Crippen LogP contribution in [0, 0.1) is 0 Å². The predicted octanol–water partition coefficient (Wildman–Crippen LogP) is 3.62. The largest absolute Gasteiger partial charge is 0.448 e. The van der Waals surface area contributed by atoms with E-state index in [4.69, 9.17) is 8.94 Å². The van der Waals surface area contributed by atoms with Crippen molar-refractivity contribution < 1.29 is 8.94 Å². The van der Waals surface area contributed by atoms with Crippen LogP contribution in [0.2, 0.25) is 0 Å². The number of fused-ring (bicyclic) bond motifs is 3. The van der Waals surface area contributed by atoms with E-state index in [1.54, 1.807) is 0 Å². The molecule has 7 heteroatoms. The van der Waals surface area contributed by atoms with Gasteiger partial charge >= 0.3 is 0 Å². The Bertz CT molecular complexity index is 1130. The zero-order chi connectivity index (χ0) is 17.5. The normalized spacial score (nSPS) is 15.8. The number of rotatable bonds is 3. The molecule has 3 heterocycles. The van der Waals surface area contributed by atoms with Crippen molar-refractivity contribution >= 4 is 22.1 Å². The second kappa shape index (κ2) is 6.09. The predicted molar refractivity (Wildman–Crippen MR) is 95.0 cm³/mol. The van der Waals surface area contributed by atoms with Crippen LogP contribution in [0.1, 0.15) is 49.7 Å². The lowest BCUT2D eigenvalue weighted by Crippen LogP contribution is -2.21. The lowest BCUT2D eigenvalue weighted by Gasteiger charge is -2.17. The van der Waals surface area contributed by atoms with Crippen LogP contribution >= 0.6 is 0 Å². The number of nitrogens with zero attached hydrogens (tertiary/aromatic N) is 4. The molecule has 1 aliphatic carbocycles. The maximum atomic E-state index is 12.8. The van der Waals surface area contributed by atoms with E-state index in [9.17, 15) is 4.79 Å². The quantitative estimate of drug-likeness (QED) is 0.561.